The number of carboxylic acid groups (broad SMARTS) is 2. The number of aliphatic hydroxyl groups excluding tert-OH is 1. The molecule has 29 heteroatoms. The van der Waals surface area contributed by atoms with Crippen molar-refractivity contribution < 1.29 is 141 Å². The highest BCUT2D eigenvalue weighted by Crippen LogP contribution is 2.29. The number of aromatic carboxylic acids is 2. The third-order valence-corrected chi connectivity index (χ3v) is 15.7. The van der Waals surface area contributed by atoms with Crippen molar-refractivity contribution in [2.24, 2.45) is 0 Å². The van der Waals surface area contributed by atoms with Crippen molar-refractivity contribution in [1.29, 1.82) is 0 Å². The molecule has 0 radical (unpaired) electrons. The monoisotopic (exact) mass is 1650 g/mol. The van der Waals surface area contributed by atoms with Gasteiger partial charge in [0.15, 0.2) is 6.29 Å². The lowest BCUT2D eigenvalue weighted by Gasteiger charge is -2.23. The molecule has 2 heterocycles. The summed E-state index contributed by atoms with van der Waals surface area (Å²) in [5.41, 5.74) is 3.51. The summed E-state index contributed by atoms with van der Waals surface area (Å²) in [6, 6.07) is 49.5. The number of aliphatic hydroxyl groups is 1. The van der Waals surface area contributed by atoms with Crippen molar-refractivity contribution in [3.63, 3.8) is 0 Å². The Morgan fingerprint density at radius 1 is 0.408 bits per heavy atom. The van der Waals surface area contributed by atoms with Crippen LogP contribution in [0, 0.1) is 20.8 Å². The number of benzene rings is 9. The van der Waals surface area contributed by atoms with Gasteiger partial charge >= 0.3 is 53.7 Å². The molecule has 2 aliphatic rings. The van der Waals surface area contributed by atoms with Gasteiger partial charge in [-0.3, -0.25) is 0 Å². The first-order valence-corrected chi connectivity index (χ1v) is 37.0. The third-order valence-electron chi connectivity index (χ3n) is 15.7. The van der Waals surface area contributed by atoms with E-state index >= 15 is 0 Å². The number of carbonyl (C=O) groups is 9. The number of hydrogen-bond acceptors (Lipinski definition) is 27. The van der Waals surface area contributed by atoms with Crippen LogP contribution in [-0.4, -0.2) is 152 Å². The average molecular weight is 1650 g/mol. The molecule has 9 aromatic carbocycles. The number of rotatable bonds is 25. The summed E-state index contributed by atoms with van der Waals surface area (Å²) in [6.07, 6.45) is 10.9. The second kappa shape index (κ2) is 51.3. The molecule has 4 unspecified atom stereocenters. The number of phenols is 5. The predicted octanol–water partition coefficient (Wildman–Crippen LogP) is 15.5. The number of carboxylic acids is 2. The van der Waals surface area contributed by atoms with Crippen LogP contribution in [0.4, 0.5) is 0 Å². The first-order chi connectivity index (χ1) is 57.3. The van der Waals surface area contributed by atoms with E-state index in [1.165, 1.54) is 147 Å². The Hall–Kier alpha value is -14.7. The van der Waals surface area contributed by atoms with Crippen LogP contribution in [0.25, 0.3) is 0 Å². The summed E-state index contributed by atoms with van der Waals surface area (Å²) in [4.78, 5) is 103. The highest BCUT2D eigenvalue weighted by molar-refractivity contribution is 5.94. The summed E-state index contributed by atoms with van der Waals surface area (Å²) in [6.45, 7) is 21.8. The zero-order valence-electron chi connectivity index (χ0n) is 66.6. The molecule has 11 rings (SSSR count). The molecule has 9 aromatic rings. The number of esters is 7. The fourth-order valence-electron chi connectivity index (χ4n) is 9.46. The van der Waals surface area contributed by atoms with Gasteiger partial charge in [0.25, 0.3) is 0 Å². The summed E-state index contributed by atoms with van der Waals surface area (Å²) < 4.78 is 63.2. The van der Waals surface area contributed by atoms with E-state index in [0.717, 1.165) is 50.7 Å². The Morgan fingerprint density at radius 3 is 1.08 bits per heavy atom. The maximum Gasteiger partial charge on any atom is 0.343 e. The molecule has 120 heavy (non-hydrogen) atoms. The zero-order chi connectivity index (χ0) is 88.1. The molecule has 29 nitrogen and oxygen atoms in total. The lowest BCUT2D eigenvalue weighted by atomic mass is 10.2. The van der Waals surface area contributed by atoms with Crippen LogP contribution < -0.4 is 33.2 Å². The number of allylic oxidation sites excluding steroid dienone is 1. The number of aromatic hydroxyl groups is 5. The molecule has 4 atom stereocenters. The first-order valence-electron chi connectivity index (χ1n) is 37.0. The molecule has 0 amide bonds. The van der Waals surface area contributed by atoms with Gasteiger partial charge < -0.3 is 97.7 Å². The Balaban J connectivity index is 0.000000280. The van der Waals surface area contributed by atoms with Gasteiger partial charge in [0, 0.05) is 24.6 Å². The molecule has 1 saturated heterocycles. The maximum atomic E-state index is 12.7. The minimum atomic E-state index is -0.986. The number of carbonyl (C=O) groups excluding carboxylic acids is 7. The summed E-state index contributed by atoms with van der Waals surface area (Å²) in [7, 11) is 0. The second-order valence-electron chi connectivity index (χ2n) is 25.7. The van der Waals surface area contributed by atoms with E-state index in [9.17, 15) is 53.4 Å². The highest BCUT2D eigenvalue weighted by atomic mass is 16.7. The number of aryl methyl sites for hydroxylation is 3. The van der Waals surface area contributed by atoms with Gasteiger partial charge in [0.05, 0.1) is 59.0 Å². The van der Waals surface area contributed by atoms with Gasteiger partial charge in [-0.15, -0.1) is 0 Å². The van der Waals surface area contributed by atoms with E-state index in [4.69, 9.17) is 82.7 Å². The largest absolute Gasteiger partial charge is 0.508 e. The second-order valence-corrected chi connectivity index (χ2v) is 25.7. The van der Waals surface area contributed by atoms with Crippen LogP contribution in [0.15, 0.2) is 250 Å². The fraction of sp³-hybridized carbons (Fsp3) is 0.220. The fourth-order valence-corrected chi connectivity index (χ4v) is 9.46. The maximum absolute atomic E-state index is 12.7. The van der Waals surface area contributed by atoms with Gasteiger partial charge in [-0.05, 0) is 290 Å². The van der Waals surface area contributed by atoms with Gasteiger partial charge in [-0.1, -0.05) is 19.7 Å². The first kappa shape index (κ1) is 95.9. The Labute approximate surface area is 692 Å². The van der Waals surface area contributed by atoms with E-state index in [2.05, 4.69) is 24.5 Å². The normalized spacial score (nSPS) is 12.6. The van der Waals surface area contributed by atoms with Gasteiger partial charge in [0.1, 0.15) is 101 Å². The molecule has 0 saturated carbocycles. The van der Waals surface area contributed by atoms with E-state index in [-0.39, 0.29) is 71.7 Å². The van der Waals surface area contributed by atoms with Gasteiger partial charge in [0.2, 0.25) is 0 Å². The molecule has 632 valence electrons. The molecule has 0 spiro atoms. The lowest BCUT2D eigenvalue weighted by Crippen LogP contribution is -2.24. The molecule has 0 aliphatic carbocycles. The molecule has 1 fully saturated rings. The summed E-state index contributed by atoms with van der Waals surface area (Å²) >= 11 is 0. The summed E-state index contributed by atoms with van der Waals surface area (Å²) in [5, 5.41) is 70.7. The average Bonchev–Trinajstić information content (AvgIpc) is 0.841. The Morgan fingerprint density at radius 2 is 0.767 bits per heavy atom. The van der Waals surface area contributed by atoms with Crippen molar-refractivity contribution in [3.8, 4) is 69.0 Å². The molecule has 8 N–H and O–H groups in total. The van der Waals surface area contributed by atoms with E-state index in [1.807, 2.05) is 6.08 Å². The van der Waals surface area contributed by atoms with E-state index in [1.54, 1.807) is 114 Å². The van der Waals surface area contributed by atoms with Crippen molar-refractivity contribution in [2.75, 3.05) is 33.0 Å². The smallest absolute Gasteiger partial charge is 0.343 e. The molecule has 2 aliphatic heterocycles. The van der Waals surface area contributed by atoms with Crippen LogP contribution in [0.1, 0.15) is 132 Å². The SMILES string of the molecule is C1=COCCC1.C=CC(=O)OCC(C)O.C=CC(=O)OCC(C)Oc1ccc(C(=O)Oc2ccc(OC(=O)c3ccc(OC(C)COC(=O)C=C)cc3)c(C)c2)cc1.Cc1cc(O)ccc1O.Cc1cc(OC(=O)c2ccc(O)cc2)ccc1OC(=O)c1ccc(O)cc1.O=C(O)c1ccc(O)cc1.O=C(O)c1ccc(OC2CCCCO2)cc1. The van der Waals surface area contributed by atoms with Crippen molar-refractivity contribution >= 4 is 53.7 Å². The summed E-state index contributed by atoms with van der Waals surface area (Å²) in [5.74, 6) is -2.36. The Kier molecular flexibility index (Phi) is 41.0. The topological polar surface area (TPSA) is 426 Å². The van der Waals surface area contributed by atoms with E-state index < -0.39 is 72.0 Å². The molecule has 0 aromatic heterocycles. The predicted molar refractivity (Wildman–Crippen MR) is 438 cm³/mol. The van der Waals surface area contributed by atoms with Crippen LogP contribution in [0.3, 0.4) is 0 Å². The van der Waals surface area contributed by atoms with Gasteiger partial charge in [-0.25, -0.2) is 43.2 Å². The standard InChI is InChI=1S/C33H32O10.C21H16O6.C12H14O4.C7H6O3.C7H8O2.C6H10O3.C5H8O/c1-6-30(34)38-19-22(4)40-26-12-8-24(9-13-26)32(36)42-28-16-17-29(21(3)18-28)43-33(37)25-10-14-27(15-11-25)41-23(5)20-39-31(35)7-2;1-13-12-18(26-20(24)14-2-6-16(22)7-3-14)10-11-19(13)27-21(25)15-4-8-17(23)9-5-15;13-12(14)9-4-6-10(7-5-9)16-11-3-1-2-8-15-11;8-6-3-1-5(2-4-6)7(9)10;1-5-4-6(8)2-3-7(5)9;1-3-6(8)9-4-5(2)7;1-2-4-6-5-3-1/h6-18,22-23H,1-2,19-20H2,3-5H3;2-12,22-23H,1H3;4-7,11H,1-3,8H2,(H,13,14);1-4,8H,(H,9,10);2-4,8-9H,1H3;3,5,7H,1,4H2,2H3;2,4H,1,3,5H2. The van der Waals surface area contributed by atoms with Gasteiger partial charge in [-0.2, -0.15) is 0 Å². The van der Waals surface area contributed by atoms with Crippen LogP contribution >= 0.6 is 0 Å². The molecular weight excluding hydrogens is 1560 g/mol. The van der Waals surface area contributed by atoms with E-state index in [0.29, 0.717) is 73.4 Å². The quantitative estimate of drug-likeness (QED) is 0.00866. The minimum Gasteiger partial charge on any atom is -0.508 e. The third kappa shape index (κ3) is 36.8. The molecular formula is C91H94O29. The van der Waals surface area contributed by atoms with Crippen molar-refractivity contribution in [3.05, 3.63) is 301 Å². The van der Waals surface area contributed by atoms with Crippen LogP contribution in [0.5, 0.6) is 69.0 Å². The zero-order valence-corrected chi connectivity index (χ0v) is 66.6. The molecule has 0 bridgehead atoms. The number of hydrogen-bond donors (Lipinski definition) is 8. The highest BCUT2D eigenvalue weighted by Gasteiger charge is 2.20. The Bertz CT molecular complexity index is 4850. The van der Waals surface area contributed by atoms with Crippen molar-refractivity contribution in [1.82, 2.24) is 0 Å². The number of phenolic OH excluding ortho intramolecular Hbond substituents is 5. The number of ether oxygens (including phenoxy) is 12. The van der Waals surface area contributed by atoms with Crippen molar-refractivity contribution in [2.45, 2.75) is 98.2 Å². The lowest BCUT2D eigenvalue weighted by molar-refractivity contribution is -0.141. The minimum absolute atomic E-state index is 0.0326. The van der Waals surface area contributed by atoms with Crippen LogP contribution in [-0.2, 0) is 38.1 Å². The van der Waals surface area contributed by atoms with Crippen LogP contribution in [0.2, 0.25) is 0 Å².